The Morgan fingerprint density at radius 2 is 1.85 bits per heavy atom. The summed E-state index contributed by atoms with van der Waals surface area (Å²) in [6.07, 6.45) is 0. The average molecular weight is 372 g/mol. The lowest BCUT2D eigenvalue weighted by atomic mass is 10.1. The number of amides is 1. The van der Waals surface area contributed by atoms with Crippen LogP contribution >= 0.6 is 0 Å². The lowest BCUT2D eigenvalue weighted by Crippen LogP contribution is -2.22. The molecular weight excluding hydrogens is 352 g/mol. The summed E-state index contributed by atoms with van der Waals surface area (Å²) in [5, 5.41) is 2.63. The van der Waals surface area contributed by atoms with Crippen molar-refractivity contribution in [3.63, 3.8) is 0 Å². The van der Waals surface area contributed by atoms with Crippen molar-refractivity contribution in [3.8, 4) is 11.5 Å². The van der Waals surface area contributed by atoms with E-state index in [9.17, 15) is 14.4 Å². The molecule has 0 unspecified atom stereocenters. The number of aryl methyl sites for hydroxylation is 1. The highest BCUT2D eigenvalue weighted by Gasteiger charge is 2.21. The zero-order valence-electron chi connectivity index (χ0n) is 15.3. The molecule has 0 bridgehead atoms. The predicted octanol–water partition coefficient (Wildman–Crippen LogP) is 2.40. The molecule has 1 amide bonds. The third-order valence-electron chi connectivity index (χ3n) is 4.15. The number of hydrogen-bond donors (Lipinski definition) is 2. The highest BCUT2D eigenvalue weighted by molar-refractivity contribution is 6.01. The molecule has 8 nitrogen and oxygen atoms in total. The van der Waals surface area contributed by atoms with Crippen molar-refractivity contribution in [3.05, 3.63) is 40.7 Å². The molecule has 3 rings (SSSR count). The minimum absolute atomic E-state index is 0.142. The van der Waals surface area contributed by atoms with E-state index in [1.54, 1.807) is 32.0 Å². The number of anilines is 1. The van der Waals surface area contributed by atoms with E-state index in [1.165, 1.54) is 6.92 Å². The Labute approximate surface area is 155 Å². The predicted molar refractivity (Wildman–Crippen MR) is 96.6 cm³/mol. The van der Waals surface area contributed by atoms with Crippen LogP contribution in [-0.4, -0.2) is 42.5 Å². The average Bonchev–Trinajstić information content (AvgIpc) is 2.94. The summed E-state index contributed by atoms with van der Waals surface area (Å²) in [6, 6.07) is 5.02. The quantitative estimate of drug-likeness (QED) is 0.617. The number of Topliss-reactive ketones (excluding diaryl/α,β-unsaturated/α-hetero) is 1. The van der Waals surface area contributed by atoms with Crippen molar-refractivity contribution in [2.24, 2.45) is 0 Å². The van der Waals surface area contributed by atoms with Crippen LogP contribution in [0.3, 0.4) is 0 Å². The highest BCUT2D eigenvalue weighted by atomic mass is 16.6. The molecule has 1 aromatic heterocycles. The number of fused-ring (bicyclic) bond motifs is 1. The smallest absolute Gasteiger partial charge is 0.355 e. The van der Waals surface area contributed by atoms with Gasteiger partial charge in [0.15, 0.2) is 23.9 Å². The van der Waals surface area contributed by atoms with Gasteiger partial charge in [-0.15, -0.1) is 0 Å². The Kier molecular flexibility index (Phi) is 5.16. The van der Waals surface area contributed by atoms with Crippen LogP contribution in [0, 0.1) is 13.8 Å². The molecule has 0 aliphatic carbocycles. The molecule has 1 aliphatic heterocycles. The maximum absolute atomic E-state index is 12.2. The molecule has 0 saturated heterocycles. The summed E-state index contributed by atoms with van der Waals surface area (Å²) < 4.78 is 15.9. The van der Waals surface area contributed by atoms with Crippen LogP contribution in [0.5, 0.6) is 11.5 Å². The van der Waals surface area contributed by atoms with Gasteiger partial charge in [0.25, 0.3) is 5.91 Å². The lowest BCUT2D eigenvalue weighted by molar-refractivity contribution is -0.119. The monoisotopic (exact) mass is 372 g/mol. The lowest BCUT2D eigenvalue weighted by Gasteiger charge is -2.19. The Bertz CT molecular complexity index is 915. The summed E-state index contributed by atoms with van der Waals surface area (Å²) in [6.45, 7) is 5.26. The standard InChI is InChI=1S/C19H20N2O6/c1-10-17(12(3)22)11(2)20-18(10)19(24)27-9-16(23)21-13-4-5-14-15(8-13)26-7-6-25-14/h4-5,8,20H,6-7,9H2,1-3H3,(H,21,23). The molecule has 0 spiro atoms. The molecule has 1 aromatic carbocycles. The van der Waals surface area contributed by atoms with Gasteiger partial charge in [-0.05, 0) is 38.5 Å². The fraction of sp³-hybridized carbons (Fsp3) is 0.316. The van der Waals surface area contributed by atoms with Crippen LogP contribution in [-0.2, 0) is 9.53 Å². The van der Waals surface area contributed by atoms with Crippen molar-refractivity contribution in [1.29, 1.82) is 0 Å². The van der Waals surface area contributed by atoms with E-state index in [2.05, 4.69) is 10.3 Å². The molecule has 0 radical (unpaired) electrons. The van der Waals surface area contributed by atoms with Gasteiger partial charge < -0.3 is 24.5 Å². The molecule has 2 N–H and O–H groups in total. The van der Waals surface area contributed by atoms with Crippen molar-refractivity contribution in [1.82, 2.24) is 4.98 Å². The van der Waals surface area contributed by atoms with E-state index in [4.69, 9.17) is 14.2 Å². The van der Waals surface area contributed by atoms with Gasteiger partial charge in [-0.3, -0.25) is 9.59 Å². The van der Waals surface area contributed by atoms with Gasteiger partial charge in [0.2, 0.25) is 0 Å². The van der Waals surface area contributed by atoms with Crippen LogP contribution in [0.15, 0.2) is 18.2 Å². The number of benzene rings is 1. The Morgan fingerprint density at radius 3 is 2.52 bits per heavy atom. The maximum atomic E-state index is 12.2. The van der Waals surface area contributed by atoms with Crippen molar-refractivity contribution in [2.75, 3.05) is 25.1 Å². The SMILES string of the molecule is CC(=O)c1c(C)[nH]c(C(=O)OCC(=O)Nc2ccc3c(c2)OCCO3)c1C. The second-order valence-electron chi connectivity index (χ2n) is 6.16. The number of H-pyrrole nitrogens is 1. The first-order chi connectivity index (χ1) is 12.9. The van der Waals surface area contributed by atoms with Gasteiger partial charge in [-0.2, -0.15) is 0 Å². The maximum Gasteiger partial charge on any atom is 0.355 e. The third-order valence-corrected chi connectivity index (χ3v) is 4.15. The van der Waals surface area contributed by atoms with Gasteiger partial charge in [0, 0.05) is 23.0 Å². The first-order valence-electron chi connectivity index (χ1n) is 8.43. The number of aromatic amines is 1. The zero-order chi connectivity index (χ0) is 19.6. The topological polar surface area (TPSA) is 107 Å². The Hall–Kier alpha value is -3.29. The molecular formula is C19H20N2O6. The summed E-state index contributed by atoms with van der Waals surface area (Å²) >= 11 is 0. The van der Waals surface area contributed by atoms with Crippen LogP contribution in [0.1, 0.15) is 39.0 Å². The summed E-state index contributed by atoms with van der Waals surface area (Å²) in [4.78, 5) is 38.8. The van der Waals surface area contributed by atoms with Crippen LogP contribution < -0.4 is 14.8 Å². The molecule has 2 aromatic rings. The van der Waals surface area contributed by atoms with Crippen molar-refractivity contribution < 1.29 is 28.6 Å². The number of nitrogens with one attached hydrogen (secondary N) is 2. The normalized spacial score (nSPS) is 12.4. The molecule has 27 heavy (non-hydrogen) atoms. The number of carbonyl (C=O) groups is 3. The molecule has 8 heteroatoms. The Morgan fingerprint density at radius 1 is 1.15 bits per heavy atom. The molecule has 142 valence electrons. The largest absolute Gasteiger partial charge is 0.486 e. The van der Waals surface area contributed by atoms with Crippen LogP contribution in [0.4, 0.5) is 5.69 Å². The number of esters is 1. The van der Waals surface area contributed by atoms with E-state index in [-0.39, 0.29) is 11.5 Å². The molecule has 0 saturated carbocycles. The number of aromatic nitrogens is 1. The van der Waals surface area contributed by atoms with Crippen LogP contribution in [0.2, 0.25) is 0 Å². The number of carbonyl (C=O) groups excluding carboxylic acids is 3. The molecule has 1 aliphatic rings. The summed E-state index contributed by atoms with van der Waals surface area (Å²) in [7, 11) is 0. The first-order valence-corrected chi connectivity index (χ1v) is 8.43. The van der Waals surface area contributed by atoms with E-state index >= 15 is 0 Å². The molecule has 0 fully saturated rings. The zero-order valence-corrected chi connectivity index (χ0v) is 15.3. The minimum Gasteiger partial charge on any atom is -0.486 e. The third kappa shape index (κ3) is 3.94. The van der Waals surface area contributed by atoms with Gasteiger partial charge in [0.1, 0.15) is 18.9 Å². The number of rotatable bonds is 5. The first kappa shape index (κ1) is 18.5. The van der Waals surface area contributed by atoms with Crippen LogP contribution in [0.25, 0.3) is 0 Å². The number of ketones is 1. The second-order valence-corrected chi connectivity index (χ2v) is 6.16. The fourth-order valence-corrected chi connectivity index (χ4v) is 3.00. The Balaban J connectivity index is 1.60. The van der Waals surface area contributed by atoms with Gasteiger partial charge in [-0.1, -0.05) is 0 Å². The van der Waals surface area contributed by atoms with E-state index < -0.39 is 18.5 Å². The summed E-state index contributed by atoms with van der Waals surface area (Å²) in [5.74, 6) is -0.167. The number of ether oxygens (including phenoxy) is 3. The molecule has 2 heterocycles. The van der Waals surface area contributed by atoms with Gasteiger partial charge in [-0.25, -0.2) is 4.79 Å². The molecule has 0 atom stereocenters. The highest BCUT2D eigenvalue weighted by Crippen LogP contribution is 2.32. The fourth-order valence-electron chi connectivity index (χ4n) is 3.00. The van der Waals surface area contributed by atoms with Crippen molar-refractivity contribution in [2.45, 2.75) is 20.8 Å². The second kappa shape index (κ2) is 7.53. The van der Waals surface area contributed by atoms with E-state index in [0.29, 0.717) is 47.2 Å². The summed E-state index contributed by atoms with van der Waals surface area (Å²) in [5.41, 5.74) is 2.24. The number of hydrogen-bond acceptors (Lipinski definition) is 6. The van der Waals surface area contributed by atoms with Gasteiger partial charge in [0.05, 0.1) is 0 Å². The minimum atomic E-state index is -0.694. The van der Waals surface area contributed by atoms with Gasteiger partial charge >= 0.3 is 5.97 Å². The van der Waals surface area contributed by atoms with E-state index in [0.717, 1.165) is 0 Å². The van der Waals surface area contributed by atoms with E-state index in [1.807, 2.05) is 0 Å². The van der Waals surface area contributed by atoms with Crippen molar-refractivity contribution >= 4 is 23.3 Å².